The zero-order valence-corrected chi connectivity index (χ0v) is 12.1. The van der Waals surface area contributed by atoms with Crippen LogP contribution in [0.15, 0.2) is 36.7 Å². The lowest BCUT2D eigenvalue weighted by molar-refractivity contribution is 0.400. The summed E-state index contributed by atoms with van der Waals surface area (Å²) >= 11 is 5.86. The molecule has 0 N–H and O–H groups in total. The van der Waals surface area contributed by atoms with Crippen molar-refractivity contribution in [3.05, 3.63) is 47.2 Å². The molecule has 100 valence electrons. The van der Waals surface area contributed by atoms with Crippen molar-refractivity contribution < 1.29 is 0 Å². The van der Waals surface area contributed by atoms with Crippen LogP contribution in [-0.4, -0.2) is 35.5 Å². The third-order valence-corrected chi connectivity index (χ3v) is 3.13. The molecule has 0 amide bonds. The molecule has 0 atom stereocenters. The quantitative estimate of drug-likeness (QED) is 0.838. The minimum atomic E-state index is 0.726. The van der Waals surface area contributed by atoms with Crippen LogP contribution < -0.4 is 0 Å². The predicted molar refractivity (Wildman–Crippen MR) is 79.4 cm³/mol. The molecule has 0 unspecified atom stereocenters. The lowest BCUT2D eigenvalue weighted by Crippen LogP contribution is -2.13. The first-order valence-corrected chi connectivity index (χ1v) is 6.74. The average Bonchev–Trinajstić information content (AvgIpc) is 2.40. The Hall–Kier alpha value is -1.45. The molecule has 0 spiro atoms. The second-order valence-electron chi connectivity index (χ2n) is 4.83. The minimum Gasteiger partial charge on any atom is -0.309 e. The zero-order valence-electron chi connectivity index (χ0n) is 11.3. The molecule has 0 saturated carbocycles. The molecule has 0 radical (unpaired) electrons. The van der Waals surface area contributed by atoms with Gasteiger partial charge in [0.05, 0.1) is 0 Å². The van der Waals surface area contributed by atoms with E-state index in [1.807, 2.05) is 36.7 Å². The fraction of sp³-hybridized carbons (Fsp3) is 0.333. The summed E-state index contributed by atoms with van der Waals surface area (Å²) in [6.07, 6.45) is 5.95. The molecule has 1 aromatic heterocycles. The summed E-state index contributed by atoms with van der Waals surface area (Å²) in [5.41, 5.74) is 2.17. The molecular formula is C15H18ClN3. The van der Waals surface area contributed by atoms with Crippen LogP contribution in [0, 0.1) is 0 Å². The van der Waals surface area contributed by atoms with Crippen LogP contribution in [-0.2, 0) is 6.42 Å². The second-order valence-corrected chi connectivity index (χ2v) is 5.27. The molecule has 0 aliphatic carbocycles. The molecule has 2 aromatic rings. The Balaban J connectivity index is 2.00. The van der Waals surface area contributed by atoms with Crippen molar-refractivity contribution in [1.29, 1.82) is 0 Å². The Morgan fingerprint density at radius 3 is 2.26 bits per heavy atom. The van der Waals surface area contributed by atoms with Gasteiger partial charge < -0.3 is 4.90 Å². The van der Waals surface area contributed by atoms with Gasteiger partial charge in [0.15, 0.2) is 5.82 Å². The van der Waals surface area contributed by atoms with Gasteiger partial charge in [0.25, 0.3) is 0 Å². The Labute approximate surface area is 119 Å². The van der Waals surface area contributed by atoms with Crippen LogP contribution in [0.2, 0.25) is 5.02 Å². The number of aryl methyl sites for hydroxylation is 1. The third kappa shape index (κ3) is 4.30. The van der Waals surface area contributed by atoms with Gasteiger partial charge in [0, 0.05) is 23.0 Å². The van der Waals surface area contributed by atoms with Crippen LogP contribution >= 0.6 is 11.6 Å². The Bertz CT molecular complexity index is 506. The topological polar surface area (TPSA) is 29.0 Å². The molecule has 1 heterocycles. The van der Waals surface area contributed by atoms with Crippen LogP contribution in [0.1, 0.15) is 12.0 Å². The summed E-state index contributed by atoms with van der Waals surface area (Å²) in [4.78, 5) is 11.0. The minimum absolute atomic E-state index is 0.726. The highest BCUT2D eigenvalue weighted by Gasteiger charge is 2.02. The van der Waals surface area contributed by atoms with Gasteiger partial charge in [-0.05, 0) is 63.3 Å². The van der Waals surface area contributed by atoms with E-state index >= 15 is 0 Å². The molecule has 0 fully saturated rings. The molecule has 1 aromatic carbocycles. The zero-order chi connectivity index (χ0) is 13.7. The number of hydrogen-bond donors (Lipinski definition) is 0. The molecule has 4 heteroatoms. The number of nitrogens with zero attached hydrogens (tertiary/aromatic N) is 3. The van der Waals surface area contributed by atoms with Crippen LogP contribution in [0.25, 0.3) is 11.4 Å². The van der Waals surface area contributed by atoms with Crippen molar-refractivity contribution in [2.75, 3.05) is 20.6 Å². The van der Waals surface area contributed by atoms with E-state index in [-0.39, 0.29) is 0 Å². The standard InChI is InChI=1S/C15H18ClN3/c1-19(2)9-3-4-12-10-17-15(18-11-12)13-5-7-14(16)8-6-13/h5-8,10-11H,3-4,9H2,1-2H3. The average molecular weight is 276 g/mol. The van der Waals surface area contributed by atoms with Gasteiger partial charge in [-0.3, -0.25) is 0 Å². The second kappa shape index (κ2) is 6.64. The highest BCUT2D eigenvalue weighted by Crippen LogP contribution is 2.17. The first-order valence-electron chi connectivity index (χ1n) is 6.37. The maximum Gasteiger partial charge on any atom is 0.159 e. The lowest BCUT2D eigenvalue weighted by Gasteiger charge is -2.08. The molecule has 0 saturated heterocycles. The Morgan fingerprint density at radius 1 is 1.05 bits per heavy atom. The van der Waals surface area contributed by atoms with Crippen molar-refractivity contribution in [1.82, 2.24) is 14.9 Å². The first-order chi connectivity index (χ1) is 9.15. The number of aromatic nitrogens is 2. The SMILES string of the molecule is CN(C)CCCc1cnc(-c2ccc(Cl)cc2)nc1. The Kier molecular flexibility index (Phi) is 4.88. The molecule has 0 aliphatic heterocycles. The summed E-state index contributed by atoms with van der Waals surface area (Å²) in [6, 6.07) is 7.57. The largest absolute Gasteiger partial charge is 0.309 e. The molecule has 0 aliphatic rings. The fourth-order valence-electron chi connectivity index (χ4n) is 1.83. The van der Waals surface area contributed by atoms with E-state index in [9.17, 15) is 0 Å². The summed E-state index contributed by atoms with van der Waals surface area (Å²) in [5, 5.41) is 0.726. The van der Waals surface area contributed by atoms with Gasteiger partial charge in [-0.15, -0.1) is 0 Å². The summed E-state index contributed by atoms with van der Waals surface area (Å²) < 4.78 is 0. The summed E-state index contributed by atoms with van der Waals surface area (Å²) in [5.74, 6) is 0.744. The van der Waals surface area contributed by atoms with Crippen molar-refractivity contribution in [3.8, 4) is 11.4 Å². The number of benzene rings is 1. The van der Waals surface area contributed by atoms with Gasteiger partial charge >= 0.3 is 0 Å². The maximum atomic E-state index is 5.86. The molecule has 0 bridgehead atoms. The van der Waals surface area contributed by atoms with Crippen LogP contribution in [0.5, 0.6) is 0 Å². The van der Waals surface area contributed by atoms with E-state index in [1.54, 1.807) is 0 Å². The van der Waals surface area contributed by atoms with E-state index in [1.165, 1.54) is 5.56 Å². The molecule has 2 rings (SSSR count). The van der Waals surface area contributed by atoms with Gasteiger partial charge in [-0.25, -0.2) is 9.97 Å². The first kappa shape index (κ1) is 14.0. The highest BCUT2D eigenvalue weighted by molar-refractivity contribution is 6.30. The maximum absolute atomic E-state index is 5.86. The predicted octanol–water partition coefficient (Wildman–Crippen LogP) is 3.29. The normalized spacial score (nSPS) is 10.9. The number of halogens is 1. The van der Waals surface area contributed by atoms with Gasteiger partial charge in [-0.1, -0.05) is 11.6 Å². The van der Waals surface area contributed by atoms with Gasteiger partial charge in [0.1, 0.15) is 0 Å². The van der Waals surface area contributed by atoms with Crippen molar-refractivity contribution in [3.63, 3.8) is 0 Å². The molecule has 19 heavy (non-hydrogen) atoms. The highest BCUT2D eigenvalue weighted by atomic mass is 35.5. The Morgan fingerprint density at radius 2 is 1.68 bits per heavy atom. The van der Waals surface area contributed by atoms with E-state index in [0.717, 1.165) is 35.8 Å². The summed E-state index contributed by atoms with van der Waals surface area (Å²) in [7, 11) is 4.17. The molecule has 3 nitrogen and oxygen atoms in total. The van der Waals surface area contributed by atoms with Crippen LogP contribution in [0.4, 0.5) is 0 Å². The number of rotatable bonds is 5. The van der Waals surface area contributed by atoms with Gasteiger partial charge in [-0.2, -0.15) is 0 Å². The monoisotopic (exact) mass is 275 g/mol. The van der Waals surface area contributed by atoms with E-state index in [4.69, 9.17) is 11.6 Å². The van der Waals surface area contributed by atoms with E-state index < -0.39 is 0 Å². The molecular weight excluding hydrogens is 258 g/mol. The fourth-order valence-corrected chi connectivity index (χ4v) is 1.96. The lowest BCUT2D eigenvalue weighted by atomic mass is 10.1. The van der Waals surface area contributed by atoms with E-state index in [0.29, 0.717) is 0 Å². The third-order valence-electron chi connectivity index (χ3n) is 2.88. The van der Waals surface area contributed by atoms with Crippen LogP contribution in [0.3, 0.4) is 0 Å². The van der Waals surface area contributed by atoms with E-state index in [2.05, 4.69) is 29.0 Å². The summed E-state index contributed by atoms with van der Waals surface area (Å²) in [6.45, 7) is 1.08. The van der Waals surface area contributed by atoms with Crippen molar-refractivity contribution >= 4 is 11.6 Å². The smallest absolute Gasteiger partial charge is 0.159 e. The van der Waals surface area contributed by atoms with Crippen molar-refractivity contribution in [2.45, 2.75) is 12.8 Å². The van der Waals surface area contributed by atoms with Crippen molar-refractivity contribution in [2.24, 2.45) is 0 Å². The van der Waals surface area contributed by atoms with Gasteiger partial charge in [0.2, 0.25) is 0 Å². The number of hydrogen-bond acceptors (Lipinski definition) is 3.